The van der Waals surface area contributed by atoms with Crippen LogP contribution < -0.4 is 10.1 Å². The number of carbonyl (C=O) groups excluding carboxylic acids is 1. The molecule has 21 heavy (non-hydrogen) atoms. The average molecular weight is 287 g/mol. The molecule has 1 heterocycles. The first-order chi connectivity index (χ1) is 10.3. The number of benzene rings is 1. The summed E-state index contributed by atoms with van der Waals surface area (Å²) in [5.41, 5.74) is 0.680. The zero-order valence-electron chi connectivity index (χ0n) is 12.2. The second-order valence-corrected chi connectivity index (χ2v) is 5.16. The summed E-state index contributed by atoms with van der Waals surface area (Å²) in [5.74, 6) is 0.506. The van der Waals surface area contributed by atoms with E-state index in [2.05, 4.69) is 10.2 Å². The summed E-state index contributed by atoms with van der Waals surface area (Å²) in [4.78, 5) is 13.7. The molecular weight excluding hydrogens is 266 g/mol. The van der Waals surface area contributed by atoms with Gasteiger partial charge in [-0.2, -0.15) is 5.26 Å². The summed E-state index contributed by atoms with van der Waals surface area (Å²) in [7, 11) is 0. The molecule has 0 unspecified atom stereocenters. The standard InChI is InChI=1S/C16H21N3O2/c17-9-8-16(20)18-14-4-6-15(7-5-14)21-13-3-12-19-10-1-2-11-19/h4-7H,1-3,8,10-13H2,(H,18,20). The number of nitrogens with one attached hydrogen (secondary N) is 1. The molecule has 0 spiro atoms. The number of nitriles is 1. The third-order valence-electron chi connectivity index (χ3n) is 3.46. The lowest BCUT2D eigenvalue weighted by Gasteiger charge is -2.14. The third-order valence-corrected chi connectivity index (χ3v) is 3.46. The van der Waals surface area contributed by atoms with E-state index in [1.54, 1.807) is 12.1 Å². The zero-order valence-corrected chi connectivity index (χ0v) is 12.2. The van der Waals surface area contributed by atoms with Crippen LogP contribution in [-0.2, 0) is 4.79 Å². The molecule has 1 aliphatic heterocycles. The van der Waals surface area contributed by atoms with E-state index in [0.717, 1.165) is 18.7 Å². The summed E-state index contributed by atoms with van der Waals surface area (Å²) in [6.45, 7) is 4.24. The van der Waals surface area contributed by atoms with E-state index in [0.29, 0.717) is 12.3 Å². The van der Waals surface area contributed by atoms with Crippen molar-refractivity contribution in [2.24, 2.45) is 0 Å². The van der Waals surface area contributed by atoms with Crippen molar-refractivity contribution in [1.82, 2.24) is 4.90 Å². The SMILES string of the molecule is N#CCC(=O)Nc1ccc(OCCCN2CCCC2)cc1. The Morgan fingerprint density at radius 2 is 2.00 bits per heavy atom. The highest BCUT2D eigenvalue weighted by molar-refractivity contribution is 5.92. The van der Waals surface area contributed by atoms with Gasteiger partial charge < -0.3 is 15.0 Å². The molecule has 112 valence electrons. The van der Waals surface area contributed by atoms with Gasteiger partial charge >= 0.3 is 0 Å². The normalized spacial score (nSPS) is 14.6. The number of hydrogen-bond donors (Lipinski definition) is 1. The Bertz CT molecular complexity index is 487. The van der Waals surface area contributed by atoms with Crippen LogP contribution in [0.4, 0.5) is 5.69 Å². The van der Waals surface area contributed by atoms with Gasteiger partial charge in [-0.1, -0.05) is 0 Å². The van der Waals surface area contributed by atoms with Crippen LogP contribution >= 0.6 is 0 Å². The molecule has 1 N–H and O–H groups in total. The lowest BCUT2D eigenvalue weighted by molar-refractivity contribution is -0.115. The maximum atomic E-state index is 11.3. The second kappa shape index (κ2) is 8.28. The Kier molecular flexibility index (Phi) is 6.04. The van der Waals surface area contributed by atoms with Crippen molar-refractivity contribution in [3.05, 3.63) is 24.3 Å². The van der Waals surface area contributed by atoms with Crippen molar-refractivity contribution >= 4 is 11.6 Å². The van der Waals surface area contributed by atoms with E-state index in [4.69, 9.17) is 10.00 Å². The topological polar surface area (TPSA) is 65.4 Å². The summed E-state index contributed by atoms with van der Waals surface area (Å²) in [6.07, 6.45) is 3.54. The highest BCUT2D eigenvalue weighted by atomic mass is 16.5. The number of hydrogen-bond acceptors (Lipinski definition) is 4. The predicted octanol–water partition coefficient (Wildman–Crippen LogP) is 2.40. The van der Waals surface area contributed by atoms with Gasteiger partial charge in [-0.15, -0.1) is 0 Å². The minimum absolute atomic E-state index is 0.130. The molecule has 0 saturated carbocycles. The smallest absolute Gasteiger partial charge is 0.238 e. The molecule has 0 aliphatic carbocycles. The molecule has 1 saturated heterocycles. The van der Waals surface area contributed by atoms with Crippen molar-refractivity contribution < 1.29 is 9.53 Å². The van der Waals surface area contributed by atoms with Crippen molar-refractivity contribution in [2.45, 2.75) is 25.7 Å². The number of carbonyl (C=O) groups is 1. The van der Waals surface area contributed by atoms with Crippen LogP contribution in [0.25, 0.3) is 0 Å². The van der Waals surface area contributed by atoms with Crippen LogP contribution in [0.2, 0.25) is 0 Å². The fourth-order valence-corrected chi connectivity index (χ4v) is 2.40. The summed E-state index contributed by atoms with van der Waals surface area (Å²) >= 11 is 0. The number of ether oxygens (including phenoxy) is 1. The average Bonchev–Trinajstić information content (AvgIpc) is 2.99. The zero-order chi connectivity index (χ0) is 14.9. The number of likely N-dealkylation sites (tertiary alicyclic amines) is 1. The van der Waals surface area contributed by atoms with Gasteiger partial charge in [0.1, 0.15) is 12.2 Å². The largest absolute Gasteiger partial charge is 0.494 e. The van der Waals surface area contributed by atoms with Crippen LogP contribution in [0.1, 0.15) is 25.7 Å². The molecule has 1 fully saturated rings. The Hall–Kier alpha value is -2.06. The molecule has 1 amide bonds. The van der Waals surface area contributed by atoms with Crippen LogP contribution in [-0.4, -0.2) is 37.0 Å². The third kappa shape index (κ3) is 5.44. The van der Waals surface area contributed by atoms with Gasteiger partial charge in [-0.25, -0.2) is 0 Å². The van der Waals surface area contributed by atoms with Crippen LogP contribution in [0.5, 0.6) is 5.75 Å². The van der Waals surface area contributed by atoms with Crippen LogP contribution in [0.3, 0.4) is 0 Å². The minimum Gasteiger partial charge on any atom is -0.494 e. The fraction of sp³-hybridized carbons (Fsp3) is 0.500. The Morgan fingerprint density at radius 3 is 2.67 bits per heavy atom. The van der Waals surface area contributed by atoms with Gasteiger partial charge in [-0.3, -0.25) is 4.79 Å². The highest BCUT2D eigenvalue weighted by Gasteiger charge is 2.10. The summed E-state index contributed by atoms with van der Waals surface area (Å²) < 4.78 is 5.68. The quantitative estimate of drug-likeness (QED) is 0.782. The monoisotopic (exact) mass is 287 g/mol. The summed E-state index contributed by atoms with van der Waals surface area (Å²) in [6, 6.07) is 9.04. The molecular formula is C16H21N3O2. The Morgan fingerprint density at radius 1 is 1.29 bits per heavy atom. The van der Waals surface area contributed by atoms with Gasteiger partial charge in [0.2, 0.25) is 5.91 Å². The summed E-state index contributed by atoms with van der Waals surface area (Å²) in [5, 5.41) is 11.1. The molecule has 0 bridgehead atoms. The number of rotatable bonds is 7. The van der Waals surface area contributed by atoms with Crippen LogP contribution in [0, 0.1) is 11.3 Å². The minimum atomic E-state index is -0.295. The highest BCUT2D eigenvalue weighted by Crippen LogP contribution is 2.16. The first-order valence-electron chi connectivity index (χ1n) is 7.40. The number of amides is 1. The van der Waals surface area contributed by atoms with Gasteiger partial charge in [0.05, 0.1) is 12.7 Å². The molecule has 0 aromatic heterocycles. The Balaban J connectivity index is 1.67. The van der Waals surface area contributed by atoms with Gasteiger partial charge in [0, 0.05) is 12.2 Å². The maximum absolute atomic E-state index is 11.3. The van der Waals surface area contributed by atoms with E-state index >= 15 is 0 Å². The molecule has 1 aromatic rings. The van der Waals surface area contributed by atoms with Crippen molar-refractivity contribution in [3.8, 4) is 11.8 Å². The second-order valence-electron chi connectivity index (χ2n) is 5.16. The van der Waals surface area contributed by atoms with E-state index in [1.165, 1.54) is 25.9 Å². The molecule has 1 aromatic carbocycles. The van der Waals surface area contributed by atoms with Crippen molar-refractivity contribution in [2.75, 3.05) is 31.6 Å². The Labute approximate surface area is 125 Å². The van der Waals surface area contributed by atoms with Crippen LogP contribution in [0.15, 0.2) is 24.3 Å². The van der Waals surface area contributed by atoms with Crippen molar-refractivity contribution in [3.63, 3.8) is 0 Å². The van der Waals surface area contributed by atoms with Gasteiger partial charge in [0.15, 0.2) is 0 Å². The van der Waals surface area contributed by atoms with E-state index in [1.807, 2.05) is 18.2 Å². The predicted molar refractivity (Wildman–Crippen MR) is 81.1 cm³/mol. The van der Waals surface area contributed by atoms with Gasteiger partial charge in [-0.05, 0) is 56.6 Å². The lowest BCUT2D eigenvalue weighted by Crippen LogP contribution is -2.21. The molecule has 0 radical (unpaired) electrons. The number of nitrogens with zero attached hydrogens (tertiary/aromatic N) is 2. The first kappa shape index (κ1) is 15.3. The van der Waals surface area contributed by atoms with E-state index < -0.39 is 0 Å². The molecule has 5 heteroatoms. The van der Waals surface area contributed by atoms with Gasteiger partial charge in [0.25, 0.3) is 0 Å². The van der Waals surface area contributed by atoms with E-state index in [-0.39, 0.29) is 12.3 Å². The molecule has 0 atom stereocenters. The fourth-order valence-electron chi connectivity index (χ4n) is 2.40. The molecule has 5 nitrogen and oxygen atoms in total. The first-order valence-corrected chi connectivity index (χ1v) is 7.40. The molecule has 1 aliphatic rings. The lowest BCUT2D eigenvalue weighted by atomic mass is 10.3. The van der Waals surface area contributed by atoms with Crippen molar-refractivity contribution in [1.29, 1.82) is 5.26 Å². The molecule has 2 rings (SSSR count). The maximum Gasteiger partial charge on any atom is 0.238 e. The van der Waals surface area contributed by atoms with E-state index in [9.17, 15) is 4.79 Å². The number of anilines is 1.